The molecule has 5 aromatic heterocycles. The zero-order valence-electron chi connectivity index (χ0n) is 16.9. The van der Waals surface area contributed by atoms with E-state index in [0.29, 0.717) is 6.04 Å². The molecule has 0 fully saturated rings. The van der Waals surface area contributed by atoms with Gasteiger partial charge in [0.15, 0.2) is 5.65 Å². The van der Waals surface area contributed by atoms with Gasteiger partial charge in [-0.3, -0.25) is 4.98 Å². The Labute approximate surface area is 168 Å². The maximum absolute atomic E-state index is 4.64. The summed E-state index contributed by atoms with van der Waals surface area (Å²) in [5, 5.41) is 1.07. The van der Waals surface area contributed by atoms with Crippen LogP contribution in [0.3, 0.4) is 0 Å². The summed E-state index contributed by atoms with van der Waals surface area (Å²) in [6.07, 6.45) is 7.60. The predicted octanol–water partition coefficient (Wildman–Crippen LogP) is 5.23. The molecule has 0 aliphatic carbocycles. The van der Waals surface area contributed by atoms with Crippen LogP contribution in [0.4, 0.5) is 0 Å². The maximum Gasteiger partial charge on any atom is 0.177 e. The molecule has 5 aromatic rings. The van der Waals surface area contributed by atoms with Gasteiger partial charge in [0.05, 0.1) is 5.52 Å². The molecule has 0 aliphatic heterocycles. The molecule has 6 nitrogen and oxygen atoms in total. The fraction of sp³-hybridized carbons (Fsp3) is 0.217. The average Bonchev–Trinajstić information content (AvgIpc) is 3.27. The van der Waals surface area contributed by atoms with E-state index >= 15 is 0 Å². The average molecular weight is 382 g/mol. The number of aromatic nitrogens is 6. The number of imidazole rings is 1. The second kappa shape index (κ2) is 6.51. The number of fused-ring (bicyclic) bond motifs is 2. The second-order valence-corrected chi connectivity index (χ2v) is 7.65. The molecule has 29 heavy (non-hydrogen) atoms. The number of aromatic amines is 1. The molecule has 6 heteroatoms. The Morgan fingerprint density at radius 2 is 1.76 bits per heavy atom. The van der Waals surface area contributed by atoms with Crippen LogP contribution in [0.1, 0.15) is 31.4 Å². The van der Waals surface area contributed by atoms with Crippen molar-refractivity contribution in [2.45, 2.75) is 33.7 Å². The molecule has 5 rings (SSSR count). The van der Waals surface area contributed by atoms with E-state index in [0.717, 1.165) is 56.0 Å². The summed E-state index contributed by atoms with van der Waals surface area (Å²) >= 11 is 0. The standard InChI is InChI=1S/C23H22N6/c1-13(2)29-15(4)28-23-21(29)9-17(11-26-23)20-12-27-22-19(20)8-16(10-25-22)18-6-5-7-24-14(18)3/h5-13H,1-4H3,(H,25,27). The minimum absolute atomic E-state index is 0.321. The quantitative estimate of drug-likeness (QED) is 0.463. The van der Waals surface area contributed by atoms with Gasteiger partial charge in [-0.1, -0.05) is 6.07 Å². The van der Waals surface area contributed by atoms with Gasteiger partial charge in [0.2, 0.25) is 0 Å². The van der Waals surface area contributed by atoms with E-state index in [4.69, 9.17) is 0 Å². The molecule has 0 saturated carbocycles. The van der Waals surface area contributed by atoms with Crippen LogP contribution in [0.25, 0.3) is 44.5 Å². The van der Waals surface area contributed by atoms with Crippen LogP contribution >= 0.6 is 0 Å². The lowest BCUT2D eigenvalue weighted by atomic mass is 10.0. The third-order valence-corrected chi connectivity index (χ3v) is 5.40. The van der Waals surface area contributed by atoms with Crippen LogP contribution in [0.15, 0.2) is 49.1 Å². The van der Waals surface area contributed by atoms with Crippen LogP contribution in [-0.4, -0.2) is 29.5 Å². The Morgan fingerprint density at radius 1 is 0.966 bits per heavy atom. The SMILES string of the molecule is Cc1ncccc1-c1cnc2[nH]cc(-c3cnc4nc(C)n(C(C)C)c4c3)c2c1. The molecule has 5 heterocycles. The molecule has 0 unspecified atom stereocenters. The van der Waals surface area contributed by atoms with E-state index in [1.54, 1.807) is 0 Å². The van der Waals surface area contributed by atoms with Crippen molar-refractivity contribution < 1.29 is 0 Å². The molecule has 0 radical (unpaired) electrons. The summed E-state index contributed by atoms with van der Waals surface area (Å²) in [7, 11) is 0. The molecule has 0 spiro atoms. The second-order valence-electron chi connectivity index (χ2n) is 7.65. The minimum Gasteiger partial charge on any atom is -0.346 e. The summed E-state index contributed by atoms with van der Waals surface area (Å²) in [5.74, 6) is 0.981. The molecule has 0 amide bonds. The van der Waals surface area contributed by atoms with E-state index < -0.39 is 0 Å². The highest BCUT2D eigenvalue weighted by molar-refractivity contribution is 5.97. The number of rotatable bonds is 3. The number of hydrogen-bond donors (Lipinski definition) is 1. The van der Waals surface area contributed by atoms with Gasteiger partial charge in [-0.2, -0.15) is 0 Å². The summed E-state index contributed by atoms with van der Waals surface area (Å²) in [4.78, 5) is 21.6. The first kappa shape index (κ1) is 17.6. The van der Waals surface area contributed by atoms with Crippen molar-refractivity contribution in [3.63, 3.8) is 0 Å². The lowest BCUT2D eigenvalue weighted by Crippen LogP contribution is -2.02. The molecule has 1 N–H and O–H groups in total. The Hall–Kier alpha value is -3.54. The number of H-pyrrole nitrogens is 1. The van der Waals surface area contributed by atoms with Gasteiger partial charge in [0, 0.05) is 64.2 Å². The summed E-state index contributed by atoms with van der Waals surface area (Å²) in [6, 6.07) is 8.70. The van der Waals surface area contributed by atoms with Gasteiger partial charge in [0.1, 0.15) is 11.5 Å². The fourth-order valence-electron chi connectivity index (χ4n) is 4.07. The van der Waals surface area contributed by atoms with Crippen LogP contribution in [0.5, 0.6) is 0 Å². The Bertz CT molecular complexity index is 1360. The predicted molar refractivity (Wildman–Crippen MR) is 116 cm³/mol. The van der Waals surface area contributed by atoms with E-state index in [1.807, 2.05) is 44.7 Å². The van der Waals surface area contributed by atoms with Crippen molar-refractivity contribution in [1.29, 1.82) is 0 Å². The van der Waals surface area contributed by atoms with E-state index in [9.17, 15) is 0 Å². The van der Waals surface area contributed by atoms with Gasteiger partial charge in [-0.05, 0) is 45.9 Å². The molecule has 0 aliphatic rings. The number of nitrogens with one attached hydrogen (secondary N) is 1. The van der Waals surface area contributed by atoms with Gasteiger partial charge < -0.3 is 9.55 Å². The molecule has 0 bridgehead atoms. The maximum atomic E-state index is 4.64. The first-order chi connectivity index (χ1) is 14.0. The highest BCUT2D eigenvalue weighted by Crippen LogP contribution is 2.33. The zero-order chi connectivity index (χ0) is 20.1. The van der Waals surface area contributed by atoms with Crippen LogP contribution < -0.4 is 0 Å². The minimum atomic E-state index is 0.321. The highest BCUT2D eigenvalue weighted by atomic mass is 15.1. The smallest absolute Gasteiger partial charge is 0.177 e. The number of hydrogen-bond acceptors (Lipinski definition) is 4. The van der Waals surface area contributed by atoms with Gasteiger partial charge in [0.25, 0.3) is 0 Å². The van der Waals surface area contributed by atoms with Crippen molar-refractivity contribution in [3.8, 4) is 22.3 Å². The first-order valence-electron chi connectivity index (χ1n) is 9.77. The molecule has 0 aromatic carbocycles. The van der Waals surface area contributed by atoms with Crippen LogP contribution in [0, 0.1) is 13.8 Å². The van der Waals surface area contributed by atoms with Crippen molar-refractivity contribution >= 4 is 22.2 Å². The molecular weight excluding hydrogens is 360 g/mol. The molecule has 144 valence electrons. The van der Waals surface area contributed by atoms with Crippen molar-refractivity contribution in [2.75, 3.05) is 0 Å². The summed E-state index contributed by atoms with van der Waals surface area (Å²) in [6.45, 7) is 8.38. The summed E-state index contributed by atoms with van der Waals surface area (Å²) < 4.78 is 2.23. The van der Waals surface area contributed by atoms with E-state index in [2.05, 4.69) is 61.5 Å². The monoisotopic (exact) mass is 382 g/mol. The van der Waals surface area contributed by atoms with E-state index in [1.165, 1.54) is 0 Å². The Kier molecular flexibility index (Phi) is 3.94. The summed E-state index contributed by atoms with van der Waals surface area (Å²) in [5.41, 5.74) is 7.97. The Balaban J connectivity index is 1.70. The lowest BCUT2D eigenvalue weighted by Gasteiger charge is -2.11. The topological polar surface area (TPSA) is 72.3 Å². The fourth-order valence-corrected chi connectivity index (χ4v) is 4.07. The first-order valence-corrected chi connectivity index (χ1v) is 9.77. The van der Waals surface area contributed by atoms with Crippen molar-refractivity contribution in [2.24, 2.45) is 0 Å². The molecule has 0 saturated heterocycles. The highest BCUT2D eigenvalue weighted by Gasteiger charge is 2.15. The van der Waals surface area contributed by atoms with Crippen LogP contribution in [-0.2, 0) is 0 Å². The number of pyridine rings is 3. The number of aryl methyl sites for hydroxylation is 2. The molecular formula is C23H22N6. The largest absolute Gasteiger partial charge is 0.346 e. The van der Waals surface area contributed by atoms with Gasteiger partial charge >= 0.3 is 0 Å². The van der Waals surface area contributed by atoms with Gasteiger partial charge in [-0.15, -0.1) is 0 Å². The third-order valence-electron chi connectivity index (χ3n) is 5.40. The zero-order valence-corrected chi connectivity index (χ0v) is 16.9. The third kappa shape index (κ3) is 2.79. The normalized spacial score (nSPS) is 11.8. The Morgan fingerprint density at radius 3 is 2.55 bits per heavy atom. The molecule has 0 atom stereocenters. The van der Waals surface area contributed by atoms with E-state index in [-0.39, 0.29) is 0 Å². The van der Waals surface area contributed by atoms with Gasteiger partial charge in [-0.25, -0.2) is 15.0 Å². The van der Waals surface area contributed by atoms with Crippen LogP contribution in [0.2, 0.25) is 0 Å². The lowest BCUT2D eigenvalue weighted by molar-refractivity contribution is 0.600. The number of nitrogens with zero attached hydrogens (tertiary/aromatic N) is 5. The van der Waals surface area contributed by atoms with Crippen molar-refractivity contribution in [3.05, 3.63) is 60.6 Å². The van der Waals surface area contributed by atoms with Crippen molar-refractivity contribution in [1.82, 2.24) is 29.5 Å².